The topological polar surface area (TPSA) is 67.6 Å². The fourth-order valence-corrected chi connectivity index (χ4v) is 5.26. The Morgan fingerprint density at radius 3 is 2.03 bits per heavy atom. The first-order valence-electron chi connectivity index (χ1n) is 11.3. The highest BCUT2D eigenvalue weighted by Gasteiger charge is 2.34. The van der Waals surface area contributed by atoms with Gasteiger partial charge in [0.05, 0.1) is 10.5 Å². The van der Waals surface area contributed by atoms with Crippen LogP contribution in [0, 0.1) is 0 Å². The first-order valence-corrected chi connectivity index (χ1v) is 12.7. The van der Waals surface area contributed by atoms with Crippen LogP contribution in [-0.2, 0) is 22.6 Å². The lowest BCUT2D eigenvalue weighted by Crippen LogP contribution is -2.33. The summed E-state index contributed by atoms with van der Waals surface area (Å²) in [6, 6.07) is 11.2. The van der Waals surface area contributed by atoms with Gasteiger partial charge in [0.15, 0.2) is 0 Å². The summed E-state index contributed by atoms with van der Waals surface area (Å²) >= 11 is 0. The minimum Gasteiger partial charge on any atom is -0.423 e. The maximum absolute atomic E-state index is 13.4. The van der Waals surface area contributed by atoms with Gasteiger partial charge in [0.25, 0.3) is 0 Å². The standard InChI is InChI=1S/C25H28F3NO4S/c1-3-5-13-29(14-6-4-2)34(31,32)20-10-7-18(8-11-20)15-19-9-12-23-21(16-19)22(25(26,27)28)17-24(30)33-23/h7-12,16-17H,3-6,13-15H2,1-2H3. The molecule has 1 aromatic heterocycles. The molecule has 0 radical (unpaired) electrons. The SMILES string of the molecule is CCCCN(CCCC)S(=O)(=O)c1ccc(Cc2ccc3oc(=O)cc(C(F)(F)F)c3c2)cc1. The van der Waals surface area contributed by atoms with Gasteiger partial charge < -0.3 is 4.42 Å². The Balaban J connectivity index is 1.86. The zero-order valence-corrected chi connectivity index (χ0v) is 20.0. The third kappa shape index (κ3) is 6.07. The van der Waals surface area contributed by atoms with E-state index in [0.29, 0.717) is 31.1 Å². The number of sulfonamides is 1. The zero-order valence-electron chi connectivity index (χ0n) is 19.2. The van der Waals surface area contributed by atoms with E-state index in [4.69, 9.17) is 4.42 Å². The quantitative estimate of drug-likeness (QED) is 0.324. The molecule has 3 rings (SSSR count). The van der Waals surface area contributed by atoms with E-state index in [1.807, 2.05) is 13.8 Å². The van der Waals surface area contributed by atoms with Crippen LogP contribution in [0.4, 0.5) is 13.2 Å². The molecule has 0 N–H and O–H groups in total. The number of benzene rings is 2. The highest BCUT2D eigenvalue weighted by Crippen LogP contribution is 2.34. The number of unbranched alkanes of at least 4 members (excludes halogenated alkanes) is 2. The first-order chi connectivity index (χ1) is 16.1. The van der Waals surface area contributed by atoms with Gasteiger partial charge in [-0.1, -0.05) is 44.9 Å². The molecule has 2 aromatic carbocycles. The summed E-state index contributed by atoms with van der Waals surface area (Å²) in [5.41, 5.74) is -0.908. The van der Waals surface area contributed by atoms with Gasteiger partial charge in [-0.25, -0.2) is 13.2 Å². The van der Waals surface area contributed by atoms with Crippen molar-refractivity contribution in [1.82, 2.24) is 4.31 Å². The van der Waals surface area contributed by atoms with Crippen LogP contribution in [0.15, 0.2) is 62.6 Å². The highest BCUT2D eigenvalue weighted by atomic mass is 32.2. The van der Waals surface area contributed by atoms with Gasteiger partial charge in [0.1, 0.15) is 5.58 Å². The van der Waals surface area contributed by atoms with Crippen molar-refractivity contribution in [3.8, 4) is 0 Å². The fraction of sp³-hybridized carbons (Fsp3) is 0.400. The fourth-order valence-electron chi connectivity index (χ4n) is 3.74. The molecular weight excluding hydrogens is 467 g/mol. The number of nitrogens with zero attached hydrogens (tertiary/aromatic N) is 1. The first kappa shape index (κ1) is 26.0. The molecule has 5 nitrogen and oxygen atoms in total. The summed E-state index contributed by atoms with van der Waals surface area (Å²) < 4.78 is 72.8. The molecule has 3 aromatic rings. The second-order valence-electron chi connectivity index (χ2n) is 8.24. The molecule has 34 heavy (non-hydrogen) atoms. The smallest absolute Gasteiger partial charge is 0.417 e. The van der Waals surface area contributed by atoms with Crippen LogP contribution in [0.1, 0.15) is 56.2 Å². The van der Waals surface area contributed by atoms with Crippen molar-refractivity contribution in [2.75, 3.05) is 13.1 Å². The molecule has 0 spiro atoms. The summed E-state index contributed by atoms with van der Waals surface area (Å²) in [6.07, 6.45) is -1.05. The molecule has 0 saturated carbocycles. The summed E-state index contributed by atoms with van der Waals surface area (Å²) in [5.74, 6) is 0. The van der Waals surface area contributed by atoms with E-state index in [1.54, 1.807) is 18.2 Å². The lowest BCUT2D eigenvalue weighted by molar-refractivity contribution is -0.136. The Kier molecular flexibility index (Phi) is 8.20. The average Bonchev–Trinajstić information content (AvgIpc) is 2.78. The maximum Gasteiger partial charge on any atom is 0.417 e. The molecule has 0 amide bonds. The molecule has 0 fully saturated rings. The van der Waals surface area contributed by atoms with Gasteiger partial charge in [-0.2, -0.15) is 17.5 Å². The van der Waals surface area contributed by atoms with Crippen LogP contribution in [0.3, 0.4) is 0 Å². The van der Waals surface area contributed by atoms with Gasteiger partial charge in [-0.15, -0.1) is 0 Å². The van der Waals surface area contributed by atoms with Crippen molar-refractivity contribution in [3.05, 3.63) is 75.6 Å². The van der Waals surface area contributed by atoms with E-state index in [2.05, 4.69) is 0 Å². The Bertz CT molecular complexity index is 1270. The van der Waals surface area contributed by atoms with Crippen LogP contribution >= 0.6 is 0 Å². The van der Waals surface area contributed by atoms with E-state index >= 15 is 0 Å². The average molecular weight is 496 g/mol. The van der Waals surface area contributed by atoms with Crippen LogP contribution in [0.25, 0.3) is 11.0 Å². The minimum absolute atomic E-state index is 0.135. The Hall–Kier alpha value is -2.65. The Morgan fingerprint density at radius 1 is 0.882 bits per heavy atom. The third-order valence-corrected chi connectivity index (χ3v) is 7.52. The summed E-state index contributed by atoms with van der Waals surface area (Å²) in [5, 5.41) is -0.189. The van der Waals surface area contributed by atoms with Gasteiger partial charge in [0, 0.05) is 24.5 Å². The molecule has 0 bridgehead atoms. The number of fused-ring (bicyclic) bond motifs is 1. The number of hydrogen-bond acceptors (Lipinski definition) is 4. The van der Waals surface area contributed by atoms with Gasteiger partial charge in [-0.05, 0) is 54.7 Å². The molecule has 1 heterocycles. The van der Waals surface area contributed by atoms with Crippen LogP contribution in [-0.4, -0.2) is 25.8 Å². The normalized spacial score (nSPS) is 12.5. The van der Waals surface area contributed by atoms with E-state index in [-0.39, 0.29) is 15.9 Å². The molecule has 0 aliphatic rings. The van der Waals surface area contributed by atoms with Crippen LogP contribution < -0.4 is 5.63 Å². The highest BCUT2D eigenvalue weighted by molar-refractivity contribution is 7.89. The summed E-state index contributed by atoms with van der Waals surface area (Å²) in [6.45, 7) is 4.96. The van der Waals surface area contributed by atoms with Crippen molar-refractivity contribution in [2.45, 2.75) is 57.0 Å². The van der Waals surface area contributed by atoms with E-state index in [0.717, 1.165) is 31.2 Å². The van der Waals surface area contributed by atoms with Crippen LogP contribution in [0.2, 0.25) is 0 Å². The largest absolute Gasteiger partial charge is 0.423 e. The van der Waals surface area contributed by atoms with Gasteiger partial charge in [0.2, 0.25) is 10.0 Å². The van der Waals surface area contributed by atoms with Crippen molar-refractivity contribution in [2.24, 2.45) is 0 Å². The second kappa shape index (κ2) is 10.7. The molecule has 0 aliphatic carbocycles. The molecular formula is C25H28F3NO4S. The molecule has 0 aliphatic heterocycles. The van der Waals surface area contributed by atoms with Crippen molar-refractivity contribution in [3.63, 3.8) is 0 Å². The number of alkyl halides is 3. The lowest BCUT2D eigenvalue weighted by atomic mass is 10.0. The monoisotopic (exact) mass is 495 g/mol. The molecule has 0 saturated heterocycles. The lowest BCUT2D eigenvalue weighted by Gasteiger charge is -2.22. The molecule has 184 valence electrons. The van der Waals surface area contributed by atoms with Gasteiger partial charge >= 0.3 is 11.8 Å². The minimum atomic E-state index is -4.69. The molecule has 0 atom stereocenters. The van der Waals surface area contributed by atoms with Gasteiger partial charge in [-0.3, -0.25) is 0 Å². The second-order valence-corrected chi connectivity index (χ2v) is 10.2. The Morgan fingerprint density at radius 2 is 1.47 bits per heavy atom. The number of rotatable bonds is 10. The van der Waals surface area contributed by atoms with E-state index < -0.39 is 27.4 Å². The zero-order chi connectivity index (χ0) is 24.9. The summed E-state index contributed by atoms with van der Waals surface area (Å²) in [4.78, 5) is 11.7. The van der Waals surface area contributed by atoms with Crippen molar-refractivity contribution < 1.29 is 26.0 Å². The maximum atomic E-state index is 13.4. The predicted octanol–water partition coefficient (Wildman–Crippen LogP) is 5.99. The van der Waals surface area contributed by atoms with E-state index in [1.165, 1.54) is 28.6 Å². The number of halogens is 3. The molecule has 0 unspecified atom stereocenters. The predicted molar refractivity (Wildman–Crippen MR) is 125 cm³/mol. The number of hydrogen-bond donors (Lipinski definition) is 0. The van der Waals surface area contributed by atoms with Crippen molar-refractivity contribution >= 4 is 21.0 Å². The van der Waals surface area contributed by atoms with E-state index in [9.17, 15) is 26.4 Å². The Labute approximate surface area is 197 Å². The van der Waals surface area contributed by atoms with Crippen LogP contribution in [0.5, 0.6) is 0 Å². The van der Waals surface area contributed by atoms with Crippen molar-refractivity contribution in [1.29, 1.82) is 0 Å². The third-order valence-electron chi connectivity index (χ3n) is 5.60. The summed E-state index contributed by atoms with van der Waals surface area (Å²) in [7, 11) is -3.62. The molecule has 9 heteroatoms.